The molecule has 2 aromatic carbocycles. The first-order valence-corrected chi connectivity index (χ1v) is 8.78. The van der Waals surface area contributed by atoms with Gasteiger partial charge in [-0.05, 0) is 68.1 Å². The SMILES string of the molecule is O=C(CCCCN1CC[C@@H](c2ccccc2)C1)c1ccc(F)cc1. The molecule has 1 aliphatic rings. The van der Waals surface area contributed by atoms with Crippen molar-refractivity contribution in [1.29, 1.82) is 0 Å². The molecular weight excluding hydrogens is 301 g/mol. The summed E-state index contributed by atoms with van der Waals surface area (Å²) in [6, 6.07) is 16.6. The summed E-state index contributed by atoms with van der Waals surface area (Å²) in [4.78, 5) is 14.6. The summed E-state index contributed by atoms with van der Waals surface area (Å²) in [6.07, 6.45) is 3.69. The van der Waals surface area contributed by atoms with Gasteiger partial charge in [0.2, 0.25) is 0 Å². The van der Waals surface area contributed by atoms with Crippen LogP contribution in [0.2, 0.25) is 0 Å². The topological polar surface area (TPSA) is 20.3 Å². The van der Waals surface area contributed by atoms with Crippen molar-refractivity contribution in [2.45, 2.75) is 31.6 Å². The van der Waals surface area contributed by atoms with Crippen molar-refractivity contribution < 1.29 is 9.18 Å². The monoisotopic (exact) mass is 325 g/mol. The summed E-state index contributed by atoms with van der Waals surface area (Å²) < 4.78 is 12.9. The van der Waals surface area contributed by atoms with E-state index in [0.717, 1.165) is 32.5 Å². The van der Waals surface area contributed by atoms with E-state index in [1.54, 1.807) is 12.1 Å². The standard InChI is InChI=1S/C21H24FNO/c22-20-11-9-18(10-12-20)21(24)8-4-5-14-23-15-13-19(16-23)17-6-2-1-3-7-17/h1-3,6-7,9-12,19H,4-5,8,13-16H2/t19-/m1/s1. The van der Waals surface area contributed by atoms with Gasteiger partial charge in [-0.25, -0.2) is 4.39 Å². The molecule has 0 bridgehead atoms. The van der Waals surface area contributed by atoms with Crippen molar-refractivity contribution in [3.63, 3.8) is 0 Å². The molecular formula is C21H24FNO. The van der Waals surface area contributed by atoms with E-state index < -0.39 is 0 Å². The zero-order chi connectivity index (χ0) is 16.8. The Labute approximate surface area is 143 Å². The predicted octanol–water partition coefficient (Wildman–Crippen LogP) is 4.67. The third kappa shape index (κ3) is 4.51. The second-order valence-electron chi connectivity index (χ2n) is 6.58. The molecule has 0 amide bonds. The number of hydrogen-bond acceptors (Lipinski definition) is 2. The third-order valence-corrected chi connectivity index (χ3v) is 4.84. The second-order valence-corrected chi connectivity index (χ2v) is 6.58. The van der Waals surface area contributed by atoms with Crippen LogP contribution in [-0.2, 0) is 0 Å². The maximum Gasteiger partial charge on any atom is 0.162 e. The van der Waals surface area contributed by atoms with E-state index in [-0.39, 0.29) is 11.6 Å². The van der Waals surface area contributed by atoms with Crippen LogP contribution in [0.3, 0.4) is 0 Å². The van der Waals surface area contributed by atoms with Crippen LogP contribution in [0.5, 0.6) is 0 Å². The Bertz CT molecular complexity index is 653. The Balaban J connectivity index is 1.37. The van der Waals surface area contributed by atoms with Crippen LogP contribution in [-0.4, -0.2) is 30.3 Å². The van der Waals surface area contributed by atoms with Crippen LogP contribution in [0.25, 0.3) is 0 Å². The van der Waals surface area contributed by atoms with Crippen LogP contribution in [0.15, 0.2) is 54.6 Å². The molecule has 3 rings (SSSR count). The van der Waals surface area contributed by atoms with E-state index in [2.05, 4.69) is 35.2 Å². The van der Waals surface area contributed by atoms with Crippen molar-refractivity contribution in [2.75, 3.05) is 19.6 Å². The summed E-state index contributed by atoms with van der Waals surface area (Å²) in [6.45, 7) is 3.32. The summed E-state index contributed by atoms with van der Waals surface area (Å²) in [5, 5.41) is 0. The summed E-state index contributed by atoms with van der Waals surface area (Å²) in [5.74, 6) is 0.458. The fourth-order valence-corrected chi connectivity index (χ4v) is 3.43. The average Bonchev–Trinajstić information content (AvgIpc) is 3.09. The number of carbonyl (C=O) groups excluding carboxylic acids is 1. The van der Waals surface area contributed by atoms with Gasteiger partial charge in [0.25, 0.3) is 0 Å². The van der Waals surface area contributed by atoms with Crippen LogP contribution in [0.4, 0.5) is 4.39 Å². The Hall–Kier alpha value is -2.00. The lowest BCUT2D eigenvalue weighted by atomic mass is 9.99. The largest absolute Gasteiger partial charge is 0.303 e. The van der Waals surface area contributed by atoms with Gasteiger partial charge in [0.15, 0.2) is 5.78 Å². The van der Waals surface area contributed by atoms with Crippen molar-refractivity contribution in [2.24, 2.45) is 0 Å². The zero-order valence-electron chi connectivity index (χ0n) is 14.0. The summed E-state index contributed by atoms with van der Waals surface area (Å²) in [7, 11) is 0. The first-order valence-electron chi connectivity index (χ1n) is 8.78. The Kier molecular flexibility index (Phi) is 5.76. The molecule has 0 N–H and O–H groups in total. The molecule has 24 heavy (non-hydrogen) atoms. The summed E-state index contributed by atoms with van der Waals surface area (Å²) in [5.41, 5.74) is 2.05. The van der Waals surface area contributed by atoms with Crippen LogP contribution in [0, 0.1) is 5.82 Å². The lowest BCUT2D eigenvalue weighted by Crippen LogP contribution is -2.21. The number of nitrogens with zero attached hydrogens (tertiary/aromatic N) is 1. The molecule has 0 aromatic heterocycles. The lowest BCUT2D eigenvalue weighted by Gasteiger charge is -2.16. The van der Waals surface area contributed by atoms with Gasteiger partial charge in [0, 0.05) is 18.5 Å². The van der Waals surface area contributed by atoms with Gasteiger partial charge in [0.1, 0.15) is 5.82 Å². The first-order chi connectivity index (χ1) is 11.7. The normalized spacial score (nSPS) is 18.0. The van der Waals surface area contributed by atoms with Gasteiger partial charge < -0.3 is 4.90 Å². The number of benzene rings is 2. The van der Waals surface area contributed by atoms with Crippen LogP contribution >= 0.6 is 0 Å². The molecule has 1 heterocycles. The van der Waals surface area contributed by atoms with Gasteiger partial charge in [-0.3, -0.25) is 4.79 Å². The number of ketones is 1. The fourth-order valence-electron chi connectivity index (χ4n) is 3.43. The number of Topliss-reactive ketones (excluding diaryl/α,β-unsaturated/α-hetero) is 1. The van der Waals surface area contributed by atoms with E-state index in [4.69, 9.17) is 0 Å². The third-order valence-electron chi connectivity index (χ3n) is 4.84. The highest BCUT2D eigenvalue weighted by Gasteiger charge is 2.23. The van der Waals surface area contributed by atoms with Crippen molar-refractivity contribution in [3.8, 4) is 0 Å². The van der Waals surface area contributed by atoms with E-state index in [9.17, 15) is 9.18 Å². The minimum Gasteiger partial charge on any atom is -0.303 e. The molecule has 0 unspecified atom stereocenters. The number of unbranched alkanes of at least 4 members (excludes halogenated alkanes) is 1. The number of hydrogen-bond donors (Lipinski definition) is 0. The van der Waals surface area contributed by atoms with Crippen molar-refractivity contribution in [3.05, 3.63) is 71.5 Å². The van der Waals surface area contributed by atoms with Gasteiger partial charge >= 0.3 is 0 Å². The number of likely N-dealkylation sites (tertiary alicyclic amines) is 1. The van der Waals surface area contributed by atoms with Gasteiger partial charge in [-0.15, -0.1) is 0 Å². The molecule has 3 heteroatoms. The highest BCUT2D eigenvalue weighted by atomic mass is 19.1. The maximum absolute atomic E-state index is 12.9. The predicted molar refractivity (Wildman–Crippen MR) is 94.8 cm³/mol. The molecule has 2 nitrogen and oxygen atoms in total. The Morgan fingerprint density at radius 3 is 2.54 bits per heavy atom. The molecule has 1 saturated heterocycles. The van der Waals surface area contributed by atoms with Gasteiger partial charge in [0.05, 0.1) is 0 Å². The molecule has 1 aliphatic heterocycles. The van der Waals surface area contributed by atoms with Gasteiger partial charge in [-0.1, -0.05) is 30.3 Å². The molecule has 0 radical (unpaired) electrons. The quantitative estimate of drug-likeness (QED) is 0.545. The van der Waals surface area contributed by atoms with Crippen LogP contribution in [0.1, 0.15) is 47.5 Å². The molecule has 0 saturated carbocycles. The molecule has 0 aliphatic carbocycles. The minimum atomic E-state index is -0.298. The average molecular weight is 325 g/mol. The highest BCUT2D eigenvalue weighted by molar-refractivity contribution is 5.95. The Morgan fingerprint density at radius 2 is 1.79 bits per heavy atom. The lowest BCUT2D eigenvalue weighted by molar-refractivity contribution is 0.0978. The Morgan fingerprint density at radius 1 is 1.04 bits per heavy atom. The van der Waals surface area contributed by atoms with E-state index >= 15 is 0 Å². The molecule has 126 valence electrons. The van der Waals surface area contributed by atoms with E-state index in [1.807, 2.05) is 0 Å². The number of halogens is 1. The van der Waals surface area contributed by atoms with Crippen molar-refractivity contribution >= 4 is 5.78 Å². The minimum absolute atomic E-state index is 0.110. The molecule has 2 aromatic rings. The zero-order valence-corrected chi connectivity index (χ0v) is 14.0. The van der Waals surface area contributed by atoms with Gasteiger partial charge in [-0.2, -0.15) is 0 Å². The second kappa shape index (κ2) is 8.20. The molecule has 1 fully saturated rings. The molecule has 1 atom stereocenters. The molecule has 0 spiro atoms. The fraction of sp³-hybridized carbons (Fsp3) is 0.381. The smallest absolute Gasteiger partial charge is 0.162 e. The summed E-state index contributed by atoms with van der Waals surface area (Å²) >= 11 is 0. The number of carbonyl (C=O) groups is 1. The first kappa shape index (κ1) is 16.8. The van der Waals surface area contributed by atoms with E-state index in [0.29, 0.717) is 17.9 Å². The highest BCUT2D eigenvalue weighted by Crippen LogP contribution is 2.27. The maximum atomic E-state index is 12.9. The number of rotatable bonds is 7. The van der Waals surface area contributed by atoms with E-state index in [1.165, 1.54) is 24.1 Å². The van der Waals surface area contributed by atoms with Crippen molar-refractivity contribution in [1.82, 2.24) is 4.90 Å². The van der Waals surface area contributed by atoms with Crippen LogP contribution < -0.4 is 0 Å².